The molecule has 1 aromatic rings. The molecule has 3 heteroatoms. The van der Waals surface area contributed by atoms with Crippen LogP contribution < -0.4 is 0 Å². The Morgan fingerprint density at radius 1 is 1.44 bits per heavy atom. The standard InChI is InChI=1S/C13H15O2.Y/c1-9(2)10-3-5-11(6-4-10)13(7-8-13)12(14)15;/h3,5-6,9H,7-8H2,1-2H3,(H,14,15);/q-1;. The van der Waals surface area contributed by atoms with Gasteiger partial charge in [-0.25, -0.2) is 0 Å². The molecule has 0 saturated heterocycles. The fourth-order valence-electron chi connectivity index (χ4n) is 1.84. The summed E-state index contributed by atoms with van der Waals surface area (Å²) < 4.78 is 0. The zero-order valence-electron chi connectivity index (χ0n) is 9.66. The first-order chi connectivity index (χ1) is 7.06. The van der Waals surface area contributed by atoms with Crippen LogP contribution in [0, 0.1) is 6.07 Å². The van der Waals surface area contributed by atoms with E-state index in [4.69, 9.17) is 5.11 Å². The Morgan fingerprint density at radius 3 is 2.38 bits per heavy atom. The van der Waals surface area contributed by atoms with Gasteiger partial charge in [-0.2, -0.15) is 29.8 Å². The van der Waals surface area contributed by atoms with E-state index < -0.39 is 11.4 Å². The Bertz CT molecular complexity index is 377. The molecule has 1 aliphatic carbocycles. The van der Waals surface area contributed by atoms with Gasteiger partial charge >= 0.3 is 5.97 Å². The van der Waals surface area contributed by atoms with Gasteiger partial charge in [0.15, 0.2) is 0 Å². The van der Waals surface area contributed by atoms with Gasteiger partial charge in [-0.3, -0.25) is 4.79 Å². The number of carboxylic acid groups (broad SMARTS) is 1. The molecule has 0 spiro atoms. The predicted molar refractivity (Wildman–Crippen MR) is 57.9 cm³/mol. The van der Waals surface area contributed by atoms with E-state index in [1.807, 2.05) is 18.2 Å². The summed E-state index contributed by atoms with van der Waals surface area (Å²) in [5.74, 6) is -0.257. The summed E-state index contributed by atoms with van der Waals surface area (Å²) in [5, 5.41) is 9.12. The molecule has 1 N–H and O–H groups in total. The van der Waals surface area contributed by atoms with Gasteiger partial charge in [-0.1, -0.05) is 13.8 Å². The van der Waals surface area contributed by atoms with Crippen molar-refractivity contribution in [2.75, 3.05) is 0 Å². The topological polar surface area (TPSA) is 37.3 Å². The molecule has 1 aliphatic rings. The molecule has 83 valence electrons. The Hall–Kier alpha value is -0.206. The van der Waals surface area contributed by atoms with E-state index >= 15 is 0 Å². The van der Waals surface area contributed by atoms with E-state index in [-0.39, 0.29) is 32.7 Å². The number of carbonyl (C=O) groups is 1. The summed E-state index contributed by atoms with van der Waals surface area (Å²) in [6.45, 7) is 4.21. The maximum absolute atomic E-state index is 11.1. The average Bonchev–Trinajstić information content (AvgIpc) is 2.98. The summed E-state index contributed by atoms with van der Waals surface area (Å²) in [5.41, 5.74) is 1.45. The number of carboxylic acids is 1. The van der Waals surface area contributed by atoms with Gasteiger partial charge < -0.3 is 5.11 Å². The van der Waals surface area contributed by atoms with E-state index in [9.17, 15) is 4.79 Å². The summed E-state index contributed by atoms with van der Waals surface area (Å²) in [6.07, 6.45) is 1.52. The van der Waals surface area contributed by atoms with Gasteiger partial charge in [0.05, 0.1) is 0 Å². The van der Waals surface area contributed by atoms with Gasteiger partial charge in [0.25, 0.3) is 0 Å². The molecule has 2 rings (SSSR count). The second-order valence-corrected chi connectivity index (χ2v) is 4.57. The molecular formula is C13H15O2Y-. The van der Waals surface area contributed by atoms with Crippen LogP contribution in [0.25, 0.3) is 0 Å². The van der Waals surface area contributed by atoms with Crippen molar-refractivity contribution >= 4 is 5.97 Å². The molecule has 0 amide bonds. The van der Waals surface area contributed by atoms with Crippen molar-refractivity contribution < 1.29 is 42.6 Å². The van der Waals surface area contributed by atoms with Crippen molar-refractivity contribution in [3.05, 3.63) is 35.4 Å². The van der Waals surface area contributed by atoms with Crippen LogP contribution in [-0.4, -0.2) is 11.1 Å². The minimum Gasteiger partial charge on any atom is -0.481 e. The number of hydrogen-bond donors (Lipinski definition) is 1. The molecule has 0 aliphatic heterocycles. The van der Waals surface area contributed by atoms with E-state index in [0.29, 0.717) is 5.92 Å². The van der Waals surface area contributed by atoms with Crippen LogP contribution in [0.15, 0.2) is 18.2 Å². The van der Waals surface area contributed by atoms with Crippen molar-refractivity contribution in [1.29, 1.82) is 0 Å². The number of aliphatic carboxylic acids is 1. The predicted octanol–water partition coefficient (Wildman–Crippen LogP) is 2.72. The molecule has 1 fully saturated rings. The SMILES string of the molecule is CC(C)c1[c-]cc(C2(C(=O)O)CC2)cc1.[Y]. The molecule has 0 atom stereocenters. The third-order valence-electron chi connectivity index (χ3n) is 3.17. The Labute approximate surface area is 121 Å². The zero-order chi connectivity index (χ0) is 11.1. The summed E-state index contributed by atoms with van der Waals surface area (Å²) >= 11 is 0. The summed E-state index contributed by atoms with van der Waals surface area (Å²) in [6, 6.07) is 8.94. The normalized spacial score (nSPS) is 16.7. The molecular weight excluding hydrogens is 277 g/mol. The van der Waals surface area contributed by atoms with Crippen LogP contribution in [-0.2, 0) is 42.9 Å². The van der Waals surface area contributed by atoms with Crippen LogP contribution >= 0.6 is 0 Å². The maximum Gasteiger partial charge on any atom is 0.302 e. The third kappa shape index (κ3) is 2.38. The molecule has 1 aromatic carbocycles. The first-order valence-electron chi connectivity index (χ1n) is 5.32. The van der Waals surface area contributed by atoms with Gasteiger partial charge in [0.2, 0.25) is 0 Å². The summed E-state index contributed by atoms with van der Waals surface area (Å²) in [4.78, 5) is 11.1. The second-order valence-electron chi connectivity index (χ2n) is 4.57. The molecule has 0 aromatic heterocycles. The summed E-state index contributed by atoms with van der Waals surface area (Å²) in [7, 11) is 0. The van der Waals surface area contributed by atoms with E-state index in [1.165, 1.54) is 0 Å². The molecule has 1 saturated carbocycles. The molecule has 2 nitrogen and oxygen atoms in total. The number of benzene rings is 1. The van der Waals surface area contributed by atoms with Crippen LogP contribution in [0.5, 0.6) is 0 Å². The van der Waals surface area contributed by atoms with Crippen LogP contribution in [0.2, 0.25) is 0 Å². The smallest absolute Gasteiger partial charge is 0.302 e. The minimum absolute atomic E-state index is 0. The Kier molecular flexibility index (Phi) is 4.31. The van der Waals surface area contributed by atoms with Gasteiger partial charge in [-0.15, -0.1) is 5.56 Å². The van der Waals surface area contributed by atoms with Crippen molar-refractivity contribution in [3.63, 3.8) is 0 Å². The second kappa shape index (κ2) is 4.97. The Balaban J connectivity index is 0.00000128. The quantitative estimate of drug-likeness (QED) is 0.870. The van der Waals surface area contributed by atoms with Crippen molar-refractivity contribution in [1.82, 2.24) is 0 Å². The monoisotopic (exact) mass is 292 g/mol. The number of hydrogen-bond acceptors (Lipinski definition) is 1. The molecule has 0 bridgehead atoms. The van der Waals surface area contributed by atoms with Crippen LogP contribution in [0.3, 0.4) is 0 Å². The molecule has 1 radical (unpaired) electrons. The molecule has 0 heterocycles. The van der Waals surface area contributed by atoms with Crippen LogP contribution in [0.1, 0.15) is 43.7 Å². The van der Waals surface area contributed by atoms with E-state index in [2.05, 4.69) is 19.9 Å². The minimum atomic E-state index is -0.701. The molecule has 0 unspecified atom stereocenters. The maximum atomic E-state index is 11.1. The van der Waals surface area contributed by atoms with Gasteiger partial charge in [0.1, 0.15) is 0 Å². The van der Waals surface area contributed by atoms with Crippen LogP contribution in [0.4, 0.5) is 0 Å². The van der Waals surface area contributed by atoms with Gasteiger partial charge in [-0.05, 0) is 18.8 Å². The Morgan fingerprint density at radius 2 is 2.06 bits per heavy atom. The fraction of sp³-hybridized carbons (Fsp3) is 0.462. The first kappa shape index (κ1) is 13.9. The van der Waals surface area contributed by atoms with Crippen molar-refractivity contribution in [2.24, 2.45) is 0 Å². The van der Waals surface area contributed by atoms with E-state index in [0.717, 1.165) is 24.0 Å². The number of rotatable bonds is 3. The van der Waals surface area contributed by atoms with Crippen molar-refractivity contribution in [3.8, 4) is 0 Å². The van der Waals surface area contributed by atoms with Gasteiger partial charge in [0, 0.05) is 38.1 Å². The third-order valence-corrected chi connectivity index (χ3v) is 3.17. The molecule has 16 heavy (non-hydrogen) atoms. The van der Waals surface area contributed by atoms with E-state index in [1.54, 1.807) is 0 Å². The average molecular weight is 292 g/mol. The zero-order valence-corrected chi connectivity index (χ0v) is 12.5. The first-order valence-corrected chi connectivity index (χ1v) is 5.32. The largest absolute Gasteiger partial charge is 0.481 e. The van der Waals surface area contributed by atoms with Crippen molar-refractivity contribution in [2.45, 2.75) is 38.0 Å². The fourth-order valence-corrected chi connectivity index (χ4v) is 1.84.